The SMILES string of the molecule is [2H]C([2H])([2H])c1c[c-]c(-c2cc(C([2H])([2H])[2H])c(C([2H])([2H])[2H])cn2)cc1.[2H]C([2H])(c1ccnc(-c2[c-]cc3c(c2)-c2ccccc2C(C)(C)C3(C)C)c1)C(C)C.[Ir]. The smallest absolute Gasteiger partial charge is 0.0318 e. The zero-order valence-electron chi connectivity index (χ0n) is 36.9. The number of aryl methyl sites for hydroxylation is 3. The molecular formula is C41H44IrN2-2. The largest absolute Gasteiger partial charge is 0.305 e. The summed E-state index contributed by atoms with van der Waals surface area (Å²) in [5.41, 5.74) is 7.48. The average molecular weight is 768 g/mol. The monoisotopic (exact) mass is 768 g/mol. The number of hydrogen-bond donors (Lipinski definition) is 0. The van der Waals surface area contributed by atoms with Crippen LogP contribution >= 0.6 is 0 Å². The van der Waals surface area contributed by atoms with Gasteiger partial charge in [-0.2, -0.15) is 0 Å². The third kappa shape index (κ3) is 6.65. The summed E-state index contributed by atoms with van der Waals surface area (Å²) >= 11 is 0. The van der Waals surface area contributed by atoms with Gasteiger partial charge in [0.25, 0.3) is 0 Å². The molecule has 0 saturated carbocycles. The van der Waals surface area contributed by atoms with Gasteiger partial charge in [0.2, 0.25) is 0 Å². The van der Waals surface area contributed by atoms with E-state index >= 15 is 0 Å². The Morgan fingerprint density at radius 1 is 0.750 bits per heavy atom. The Bertz CT molecular complexity index is 2150. The fraction of sp³-hybridized carbons (Fsp3) is 0.317. The zero-order chi connectivity index (χ0) is 40.2. The van der Waals surface area contributed by atoms with Crippen LogP contribution in [0.25, 0.3) is 33.6 Å². The molecule has 0 fully saturated rings. The fourth-order valence-corrected chi connectivity index (χ4v) is 5.50. The summed E-state index contributed by atoms with van der Waals surface area (Å²) in [5.74, 6) is -0.116. The van der Waals surface area contributed by atoms with E-state index in [-0.39, 0.29) is 59.2 Å². The van der Waals surface area contributed by atoms with Gasteiger partial charge in [0.05, 0.1) is 0 Å². The van der Waals surface area contributed by atoms with Gasteiger partial charge < -0.3 is 9.97 Å². The fourth-order valence-electron chi connectivity index (χ4n) is 5.50. The van der Waals surface area contributed by atoms with Crippen molar-refractivity contribution in [2.75, 3.05) is 0 Å². The Kier molecular flexibility index (Phi) is 6.46. The second-order valence-corrected chi connectivity index (χ2v) is 12.3. The van der Waals surface area contributed by atoms with Crippen LogP contribution in [0.3, 0.4) is 0 Å². The van der Waals surface area contributed by atoms with E-state index in [1.54, 1.807) is 12.3 Å². The minimum atomic E-state index is -2.61. The third-order valence-electron chi connectivity index (χ3n) is 8.56. The second-order valence-electron chi connectivity index (χ2n) is 12.3. The topological polar surface area (TPSA) is 25.8 Å². The van der Waals surface area contributed by atoms with Crippen LogP contribution in [0.1, 0.15) is 90.0 Å². The van der Waals surface area contributed by atoms with Crippen molar-refractivity contribution in [2.45, 2.75) is 79.3 Å². The van der Waals surface area contributed by atoms with Gasteiger partial charge in [0, 0.05) is 47.6 Å². The van der Waals surface area contributed by atoms with Crippen LogP contribution in [0.5, 0.6) is 0 Å². The second kappa shape index (κ2) is 13.3. The molecule has 1 aliphatic rings. The molecule has 0 saturated heterocycles. The molecule has 6 rings (SSSR count). The van der Waals surface area contributed by atoms with Crippen LogP contribution in [-0.4, -0.2) is 9.97 Å². The molecule has 2 aromatic heterocycles. The Morgan fingerprint density at radius 2 is 1.48 bits per heavy atom. The summed E-state index contributed by atoms with van der Waals surface area (Å²) in [6.45, 7) is 5.61. The molecule has 3 heteroatoms. The average Bonchev–Trinajstić information content (AvgIpc) is 3.10. The van der Waals surface area contributed by atoms with E-state index in [2.05, 4.69) is 86.2 Å². The number of benzene rings is 3. The van der Waals surface area contributed by atoms with E-state index in [1.807, 2.05) is 19.9 Å². The number of rotatable bonds is 4. The van der Waals surface area contributed by atoms with Gasteiger partial charge in [-0.15, -0.1) is 64.7 Å². The number of nitrogens with zero attached hydrogens (tertiary/aromatic N) is 2. The predicted molar refractivity (Wildman–Crippen MR) is 181 cm³/mol. The Morgan fingerprint density at radius 3 is 2.18 bits per heavy atom. The summed E-state index contributed by atoms with van der Waals surface area (Å²) in [7, 11) is 0. The molecule has 1 radical (unpaired) electrons. The van der Waals surface area contributed by atoms with E-state index in [9.17, 15) is 0 Å². The molecule has 3 aromatic carbocycles. The maximum absolute atomic E-state index is 8.45. The molecule has 1 aliphatic carbocycles. The number of pyridine rings is 2. The van der Waals surface area contributed by atoms with Crippen LogP contribution in [0, 0.1) is 38.6 Å². The summed E-state index contributed by atoms with van der Waals surface area (Å²) in [5, 5.41) is 0. The number of hydrogen-bond acceptors (Lipinski definition) is 2. The molecule has 0 aliphatic heterocycles. The first-order chi connectivity index (χ1) is 24.8. The Balaban J connectivity index is 0.000000247. The summed E-state index contributed by atoms with van der Waals surface area (Å²) in [4.78, 5) is 8.55. The van der Waals surface area contributed by atoms with Crippen molar-refractivity contribution in [2.24, 2.45) is 5.92 Å². The molecule has 0 bridgehead atoms. The molecule has 5 aromatic rings. The van der Waals surface area contributed by atoms with E-state index in [0.29, 0.717) is 11.1 Å². The molecule has 2 nitrogen and oxygen atoms in total. The van der Waals surface area contributed by atoms with Gasteiger partial charge in [-0.05, 0) is 71.0 Å². The Labute approximate surface area is 294 Å². The molecule has 0 spiro atoms. The quantitative estimate of drug-likeness (QED) is 0.170. The Hall–Kier alpha value is -3.39. The summed E-state index contributed by atoms with van der Waals surface area (Å²) in [6, 6.07) is 28.2. The molecule has 44 heavy (non-hydrogen) atoms. The van der Waals surface area contributed by atoms with E-state index in [4.69, 9.17) is 15.1 Å². The van der Waals surface area contributed by atoms with Gasteiger partial charge in [-0.3, -0.25) is 0 Å². The maximum Gasteiger partial charge on any atom is 0.0318 e. The van der Waals surface area contributed by atoms with Gasteiger partial charge in [-0.25, -0.2) is 0 Å². The maximum atomic E-state index is 8.45. The van der Waals surface area contributed by atoms with Gasteiger partial charge in [0.1, 0.15) is 0 Å². The molecule has 0 unspecified atom stereocenters. The van der Waals surface area contributed by atoms with Crippen molar-refractivity contribution in [1.29, 1.82) is 0 Å². The molecule has 0 N–H and O–H groups in total. The summed E-state index contributed by atoms with van der Waals surface area (Å²) in [6.07, 6.45) is 1.33. The van der Waals surface area contributed by atoms with E-state index < -0.39 is 26.9 Å². The number of aromatic nitrogens is 2. The first kappa shape index (κ1) is 21.4. The molecular weight excluding hydrogens is 713 g/mol. The van der Waals surface area contributed by atoms with Crippen LogP contribution in [0.4, 0.5) is 0 Å². The van der Waals surface area contributed by atoms with Gasteiger partial charge in [-0.1, -0.05) is 101 Å². The van der Waals surface area contributed by atoms with Crippen LogP contribution in [0.2, 0.25) is 0 Å². The van der Waals surface area contributed by atoms with Crippen molar-refractivity contribution >= 4 is 0 Å². The van der Waals surface area contributed by atoms with E-state index in [0.717, 1.165) is 17.5 Å². The van der Waals surface area contributed by atoms with Crippen LogP contribution < -0.4 is 0 Å². The standard InChI is InChI=1S/C27H30N.C14H14N.Ir/c1-18(2)15-19-13-14-28-25(16-19)20-11-12-24-22(17-20)21-9-7-8-10-23(21)26(3,4)27(24,5)6;1-10-4-6-13(7-5-10)14-8-11(2)12(3)9-15-14;/h7-10,12-14,16-18H,15H2,1-6H3;4-6,8-9H,1-3H3;/q2*-1;/i15D2;1D3,2D3,3D3;. The van der Waals surface area contributed by atoms with Gasteiger partial charge >= 0.3 is 0 Å². The number of fused-ring (bicyclic) bond motifs is 3. The predicted octanol–water partition coefficient (Wildman–Crippen LogP) is 10.5. The molecule has 0 amide bonds. The molecule has 229 valence electrons. The summed E-state index contributed by atoms with van der Waals surface area (Å²) < 4.78 is 83.8. The van der Waals surface area contributed by atoms with Crippen molar-refractivity contribution in [1.82, 2.24) is 9.97 Å². The van der Waals surface area contributed by atoms with Crippen molar-refractivity contribution in [3.8, 4) is 33.6 Å². The minimum Gasteiger partial charge on any atom is -0.305 e. The van der Waals surface area contributed by atoms with Crippen molar-refractivity contribution in [3.05, 3.63) is 131 Å². The minimum absolute atomic E-state index is 0. The first-order valence-corrected chi connectivity index (χ1v) is 14.4. The van der Waals surface area contributed by atoms with Crippen molar-refractivity contribution < 1.29 is 35.2 Å². The normalized spacial score (nSPS) is 18.9. The molecule has 0 atom stereocenters. The van der Waals surface area contributed by atoms with E-state index in [1.165, 1.54) is 46.5 Å². The van der Waals surface area contributed by atoms with Gasteiger partial charge in [0.15, 0.2) is 0 Å². The van der Waals surface area contributed by atoms with Crippen LogP contribution in [-0.2, 0) is 37.3 Å². The van der Waals surface area contributed by atoms with Crippen molar-refractivity contribution in [3.63, 3.8) is 0 Å². The zero-order valence-corrected chi connectivity index (χ0v) is 28.3. The van der Waals surface area contributed by atoms with Crippen LogP contribution in [0.15, 0.2) is 85.2 Å². The first-order valence-electron chi connectivity index (χ1n) is 19.9. The third-order valence-corrected chi connectivity index (χ3v) is 8.56. The molecule has 2 heterocycles.